The van der Waals surface area contributed by atoms with Gasteiger partial charge in [0.15, 0.2) is 5.96 Å². The van der Waals surface area contributed by atoms with Crippen LogP contribution < -0.4 is 10.2 Å². The van der Waals surface area contributed by atoms with Crippen molar-refractivity contribution in [3.8, 4) is 0 Å². The molecule has 1 aromatic heterocycles. The quantitative estimate of drug-likeness (QED) is 0.342. The Balaban J connectivity index is 0.00000320. The van der Waals surface area contributed by atoms with Gasteiger partial charge in [-0.05, 0) is 32.0 Å². The van der Waals surface area contributed by atoms with E-state index in [0.717, 1.165) is 57.6 Å². The second-order valence-corrected chi connectivity index (χ2v) is 7.54. The van der Waals surface area contributed by atoms with Gasteiger partial charge in [-0.3, -0.25) is 9.89 Å². The Bertz CT molecular complexity index is 749. The summed E-state index contributed by atoms with van der Waals surface area (Å²) >= 11 is 0. The van der Waals surface area contributed by atoms with Gasteiger partial charge in [-0.25, -0.2) is 9.97 Å². The lowest BCUT2D eigenvalue weighted by Crippen LogP contribution is -2.53. The molecule has 30 heavy (non-hydrogen) atoms. The fourth-order valence-corrected chi connectivity index (χ4v) is 3.55. The van der Waals surface area contributed by atoms with Crippen LogP contribution in [-0.4, -0.2) is 78.6 Å². The van der Waals surface area contributed by atoms with E-state index in [-0.39, 0.29) is 24.0 Å². The highest BCUT2D eigenvalue weighted by Crippen LogP contribution is 2.10. The van der Waals surface area contributed by atoms with Crippen molar-refractivity contribution in [1.82, 2.24) is 25.1 Å². The van der Waals surface area contributed by atoms with Crippen molar-refractivity contribution in [3.63, 3.8) is 0 Å². The van der Waals surface area contributed by atoms with Crippen LogP contribution in [0.15, 0.2) is 53.8 Å². The largest absolute Gasteiger partial charge is 0.356 e. The van der Waals surface area contributed by atoms with Gasteiger partial charge in [0.25, 0.3) is 0 Å². The molecule has 3 rings (SSSR count). The Labute approximate surface area is 197 Å². The Morgan fingerprint density at radius 1 is 1.10 bits per heavy atom. The number of hydrogen-bond donors (Lipinski definition) is 1. The average Bonchev–Trinajstić information content (AvgIpc) is 2.78. The minimum absolute atomic E-state index is 0. The van der Waals surface area contributed by atoms with E-state index in [9.17, 15) is 0 Å². The summed E-state index contributed by atoms with van der Waals surface area (Å²) in [7, 11) is 4.05. The second kappa shape index (κ2) is 12.7. The number of rotatable bonds is 7. The first-order chi connectivity index (χ1) is 14.2. The van der Waals surface area contributed by atoms with Gasteiger partial charge in [-0.15, -0.1) is 24.0 Å². The fraction of sp³-hybridized carbons (Fsp3) is 0.500. The number of anilines is 1. The number of aromatic nitrogens is 2. The SMILES string of the molecule is CN=C(NCCC(C)N(C)Cc1ccccc1)N1CCN(c2ncccn2)CC1.I. The number of piperazine rings is 1. The zero-order chi connectivity index (χ0) is 20.5. The van der Waals surface area contributed by atoms with Gasteiger partial charge >= 0.3 is 0 Å². The molecule has 0 saturated carbocycles. The topological polar surface area (TPSA) is 59.9 Å². The summed E-state index contributed by atoms with van der Waals surface area (Å²) in [5.74, 6) is 1.79. The van der Waals surface area contributed by atoms with Gasteiger partial charge in [0, 0.05) is 64.8 Å². The van der Waals surface area contributed by atoms with Crippen LogP contribution in [-0.2, 0) is 6.54 Å². The Morgan fingerprint density at radius 2 is 1.77 bits per heavy atom. The molecule has 1 aromatic carbocycles. The third-order valence-corrected chi connectivity index (χ3v) is 5.50. The molecule has 8 heteroatoms. The van der Waals surface area contributed by atoms with Crippen LogP contribution in [0, 0.1) is 0 Å². The van der Waals surface area contributed by atoms with Gasteiger partial charge < -0.3 is 15.1 Å². The highest BCUT2D eigenvalue weighted by atomic mass is 127. The molecular formula is C22H34IN7. The van der Waals surface area contributed by atoms with Crippen molar-refractivity contribution >= 4 is 35.9 Å². The highest BCUT2D eigenvalue weighted by molar-refractivity contribution is 14.0. The minimum Gasteiger partial charge on any atom is -0.356 e. The summed E-state index contributed by atoms with van der Waals surface area (Å²) < 4.78 is 0. The maximum Gasteiger partial charge on any atom is 0.225 e. The van der Waals surface area contributed by atoms with E-state index in [1.807, 2.05) is 13.1 Å². The first kappa shape index (κ1) is 24.3. The molecule has 1 saturated heterocycles. The maximum absolute atomic E-state index is 4.49. The number of guanidine groups is 1. The van der Waals surface area contributed by atoms with Crippen LogP contribution in [0.25, 0.3) is 0 Å². The third-order valence-electron chi connectivity index (χ3n) is 5.50. The Morgan fingerprint density at radius 3 is 2.40 bits per heavy atom. The number of aliphatic imine (C=N–C) groups is 1. The van der Waals surface area contributed by atoms with Crippen molar-refractivity contribution in [1.29, 1.82) is 0 Å². The van der Waals surface area contributed by atoms with Crippen molar-refractivity contribution in [2.24, 2.45) is 4.99 Å². The Hall–Kier alpha value is -1.94. The summed E-state index contributed by atoms with van der Waals surface area (Å²) in [6.07, 6.45) is 4.66. The van der Waals surface area contributed by atoms with E-state index in [0.29, 0.717) is 6.04 Å². The first-order valence-corrected chi connectivity index (χ1v) is 10.4. The molecule has 2 aromatic rings. The lowest BCUT2D eigenvalue weighted by atomic mass is 10.1. The lowest BCUT2D eigenvalue weighted by Gasteiger charge is -2.36. The monoisotopic (exact) mass is 523 g/mol. The Kier molecular flexibility index (Phi) is 10.3. The van der Waals surface area contributed by atoms with Gasteiger partial charge in [-0.2, -0.15) is 0 Å². The molecule has 2 heterocycles. The van der Waals surface area contributed by atoms with Gasteiger partial charge in [0.05, 0.1) is 0 Å². The number of halogens is 1. The summed E-state index contributed by atoms with van der Waals surface area (Å²) in [5.41, 5.74) is 1.35. The third kappa shape index (κ3) is 7.09. The van der Waals surface area contributed by atoms with Crippen LogP contribution >= 0.6 is 24.0 Å². The van der Waals surface area contributed by atoms with Crippen LogP contribution in [0.4, 0.5) is 5.95 Å². The molecule has 7 nitrogen and oxygen atoms in total. The molecule has 1 aliphatic rings. The van der Waals surface area contributed by atoms with Crippen LogP contribution in [0.3, 0.4) is 0 Å². The van der Waals surface area contributed by atoms with E-state index in [4.69, 9.17) is 0 Å². The predicted molar refractivity (Wildman–Crippen MR) is 135 cm³/mol. The minimum atomic E-state index is 0. The normalized spacial score (nSPS) is 15.7. The van der Waals surface area contributed by atoms with E-state index in [1.54, 1.807) is 12.4 Å². The molecule has 0 radical (unpaired) electrons. The van der Waals surface area contributed by atoms with Gasteiger partial charge in [0.2, 0.25) is 5.95 Å². The van der Waals surface area contributed by atoms with Crippen LogP contribution in [0.1, 0.15) is 18.9 Å². The standard InChI is InChI=1S/C22H33N7.HI/c1-19(27(3)18-20-8-5-4-6-9-20)10-13-26-21(23-2)28-14-16-29(17-15-28)22-24-11-7-12-25-22;/h4-9,11-12,19H,10,13-18H2,1-3H3,(H,23,26);1H. The summed E-state index contributed by atoms with van der Waals surface area (Å²) in [4.78, 5) is 20.1. The highest BCUT2D eigenvalue weighted by Gasteiger charge is 2.21. The van der Waals surface area contributed by atoms with Gasteiger partial charge in [0.1, 0.15) is 0 Å². The summed E-state index contributed by atoms with van der Waals surface area (Å²) in [6.45, 7) is 7.81. The lowest BCUT2D eigenvalue weighted by molar-refractivity contribution is 0.238. The zero-order valence-electron chi connectivity index (χ0n) is 18.2. The zero-order valence-corrected chi connectivity index (χ0v) is 20.6. The van der Waals surface area contributed by atoms with E-state index in [2.05, 4.69) is 79.3 Å². The number of benzene rings is 1. The van der Waals surface area contributed by atoms with Crippen molar-refractivity contribution < 1.29 is 0 Å². The van der Waals surface area contributed by atoms with Crippen molar-refractivity contribution in [3.05, 3.63) is 54.4 Å². The molecular weight excluding hydrogens is 489 g/mol. The second-order valence-electron chi connectivity index (χ2n) is 7.54. The number of hydrogen-bond acceptors (Lipinski definition) is 5. The van der Waals surface area contributed by atoms with Gasteiger partial charge in [-0.1, -0.05) is 30.3 Å². The number of nitrogens with one attached hydrogen (secondary N) is 1. The molecule has 1 unspecified atom stereocenters. The number of nitrogens with zero attached hydrogens (tertiary/aromatic N) is 6. The van der Waals surface area contributed by atoms with E-state index in [1.165, 1.54) is 5.56 Å². The fourth-order valence-electron chi connectivity index (χ4n) is 3.55. The van der Waals surface area contributed by atoms with Crippen molar-refractivity contribution in [2.45, 2.75) is 25.9 Å². The molecule has 0 bridgehead atoms. The maximum atomic E-state index is 4.49. The molecule has 0 aliphatic carbocycles. The average molecular weight is 523 g/mol. The van der Waals surface area contributed by atoms with Crippen LogP contribution in [0.2, 0.25) is 0 Å². The first-order valence-electron chi connectivity index (χ1n) is 10.4. The predicted octanol–water partition coefficient (Wildman–Crippen LogP) is 2.70. The smallest absolute Gasteiger partial charge is 0.225 e. The molecule has 1 fully saturated rings. The molecule has 1 N–H and O–H groups in total. The molecule has 0 amide bonds. The van der Waals surface area contributed by atoms with Crippen molar-refractivity contribution in [2.75, 3.05) is 51.7 Å². The summed E-state index contributed by atoms with van der Waals surface area (Å²) in [5, 5.41) is 3.54. The van der Waals surface area contributed by atoms with Crippen LogP contribution in [0.5, 0.6) is 0 Å². The van der Waals surface area contributed by atoms with E-state index < -0.39 is 0 Å². The molecule has 0 spiro atoms. The molecule has 1 aliphatic heterocycles. The molecule has 164 valence electrons. The van der Waals surface area contributed by atoms with E-state index >= 15 is 0 Å². The molecule has 1 atom stereocenters. The summed E-state index contributed by atoms with van der Waals surface area (Å²) in [6, 6.07) is 13.0.